The van der Waals surface area contributed by atoms with Crippen LogP contribution in [0.3, 0.4) is 0 Å². The van der Waals surface area contributed by atoms with Crippen molar-refractivity contribution in [2.45, 2.75) is 13.5 Å². The average molecular weight is 356 g/mol. The molecule has 138 valence electrons. The number of likely N-dealkylation sites (N-methyl/N-ethyl adjacent to an activating group) is 1. The van der Waals surface area contributed by atoms with Crippen molar-refractivity contribution in [3.05, 3.63) is 59.7 Å². The third-order valence-corrected chi connectivity index (χ3v) is 4.02. The summed E-state index contributed by atoms with van der Waals surface area (Å²) >= 11 is 0. The van der Waals surface area contributed by atoms with E-state index in [1.54, 1.807) is 19.2 Å². The number of nitrogens with one attached hydrogen (secondary N) is 3. The molecule has 26 heavy (non-hydrogen) atoms. The van der Waals surface area contributed by atoms with Gasteiger partial charge < -0.3 is 20.3 Å². The summed E-state index contributed by atoms with van der Waals surface area (Å²) in [7, 11) is 3.40. The van der Waals surface area contributed by atoms with E-state index in [0.717, 1.165) is 16.0 Å². The maximum atomic E-state index is 12.1. The number of ether oxygens (including phenoxy) is 1. The van der Waals surface area contributed by atoms with Crippen molar-refractivity contribution in [1.29, 1.82) is 0 Å². The Kier molecular flexibility index (Phi) is 7.17. The van der Waals surface area contributed by atoms with Crippen molar-refractivity contribution < 1.29 is 19.2 Å². The fourth-order valence-electron chi connectivity index (χ4n) is 2.58. The molecule has 0 aliphatic carbocycles. The van der Waals surface area contributed by atoms with Gasteiger partial charge >= 0.3 is 0 Å². The second kappa shape index (κ2) is 9.58. The molecule has 0 saturated heterocycles. The molecule has 6 heteroatoms. The molecule has 2 rings (SSSR count). The predicted molar refractivity (Wildman–Crippen MR) is 101 cm³/mol. The number of rotatable bonds is 8. The highest BCUT2D eigenvalue weighted by Gasteiger charge is 2.14. The van der Waals surface area contributed by atoms with Gasteiger partial charge in [0.1, 0.15) is 5.75 Å². The van der Waals surface area contributed by atoms with Crippen LogP contribution in [-0.2, 0) is 16.1 Å². The maximum absolute atomic E-state index is 12.1. The Morgan fingerprint density at radius 1 is 1.04 bits per heavy atom. The largest absolute Gasteiger partial charge is 0.497 e. The summed E-state index contributed by atoms with van der Waals surface area (Å²) in [6.07, 6.45) is 0. The van der Waals surface area contributed by atoms with Crippen molar-refractivity contribution in [1.82, 2.24) is 5.32 Å². The monoisotopic (exact) mass is 356 g/mol. The molecule has 2 aromatic rings. The summed E-state index contributed by atoms with van der Waals surface area (Å²) in [5.74, 6) is 0.446. The lowest BCUT2D eigenvalue weighted by molar-refractivity contribution is -0.862. The lowest BCUT2D eigenvalue weighted by Gasteiger charge is -2.14. The van der Waals surface area contributed by atoms with Gasteiger partial charge in [0.15, 0.2) is 13.1 Å². The molecule has 0 heterocycles. The fourth-order valence-corrected chi connectivity index (χ4v) is 2.58. The minimum Gasteiger partial charge on any atom is -0.497 e. The van der Waals surface area contributed by atoms with Crippen molar-refractivity contribution in [2.24, 2.45) is 0 Å². The van der Waals surface area contributed by atoms with Crippen LogP contribution < -0.4 is 20.3 Å². The van der Waals surface area contributed by atoms with Crippen LogP contribution in [0.4, 0.5) is 5.69 Å². The van der Waals surface area contributed by atoms with Crippen molar-refractivity contribution in [2.75, 3.05) is 32.6 Å². The lowest BCUT2D eigenvalue weighted by atomic mass is 10.1. The molecule has 6 nitrogen and oxygen atoms in total. The van der Waals surface area contributed by atoms with Crippen LogP contribution in [0.15, 0.2) is 48.5 Å². The van der Waals surface area contributed by atoms with Crippen LogP contribution in [0.2, 0.25) is 0 Å². The molecule has 2 aromatic carbocycles. The normalized spacial score (nSPS) is 11.5. The van der Waals surface area contributed by atoms with Gasteiger partial charge in [-0.15, -0.1) is 0 Å². The number of hydrogen-bond donors (Lipinski definition) is 3. The Morgan fingerprint density at radius 2 is 1.77 bits per heavy atom. The third kappa shape index (κ3) is 6.22. The van der Waals surface area contributed by atoms with E-state index in [-0.39, 0.29) is 24.9 Å². The zero-order valence-corrected chi connectivity index (χ0v) is 15.5. The first-order valence-corrected chi connectivity index (χ1v) is 8.54. The summed E-state index contributed by atoms with van der Waals surface area (Å²) in [6.45, 7) is 2.95. The molecule has 1 unspecified atom stereocenters. The standard InChI is InChI=1S/C20H25N3O3/c1-15-7-4-5-8-16(15)12-21-19(24)13-23(2)14-20(25)22-17-9-6-10-18(11-17)26-3/h4-11H,12-14H2,1-3H3,(H,21,24)(H,22,25)/p+1. The predicted octanol–water partition coefficient (Wildman–Crippen LogP) is 0.773. The van der Waals surface area contributed by atoms with Crippen LogP contribution in [0.25, 0.3) is 0 Å². The van der Waals surface area contributed by atoms with E-state index >= 15 is 0 Å². The smallest absolute Gasteiger partial charge is 0.279 e. The van der Waals surface area contributed by atoms with Gasteiger partial charge in [-0.05, 0) is 30.2 Å². The van der Waals surface area contributed by atoms with Gasteiger partial charge in [0, 0.05) is 18.3 Å². The summed E-state index contributed by atoms with van der Waals surface area (Å²) in [5.41, 5.74) is 2.91. The Labute approximate surface area is 154 Å². The van der Waals surface area contributed by atoms with E-state index < -0.39 is 0 Å². The number of aryl methyl sites for hydroxylation is 1. The number of hydrogen-bond acceptors (Lipinski definition) is 3. The van der Waals surface area contributed by atoms with E-state index in [4.69, 9.17) is 4.74 Å². The van der Waals surface area contributed by atoms with Crippen LogP contribution in [0, 0.1) is 6.92 Å². The van der Waals surface area contributed by atoms with Crippen molar-refractivity contribution in [3.63, 3.8) is 0 Å². The van der Waals surface area contributed by atoms with E-state index in [9.17, 15) is 9.59 Å². The second-order valence-corrected chi connectivity index (χ2v) is 6.29. The van der Waals surface area contributed by atoms with E-state index in [0.29, 0.717) is 18.0 Å². The summed E-state index contributed by atoms with van der Waals surface area (Å²) in [4.78, 5) is 25.0. The number of carbonyl (C=O) groups excluding carboxylic acids is 2. The van der Waals surface area contributed by atoms with E-state index in [1.165, 1.54) is 0 Å². The minimum absolute atomic E-state index is 0.0834. The summed E-state index contributed by atoms with van der Waals surface area (Å²) in [6, 6.07) is 15.1. The SMILES string of the molecule is COc1cccc(NC(=O)C[NH+](C)CC(=O)NCc2ccccc2C)c1. The topological polar surface area (TPSA) is 71.9 Å². The van der Waals surface area contributed by atoms with Gasteiger partial charge in [0.05, 0.1) is 14.2 Å². The molecule has 0 aromatic heterocycles. The molecule has 0 radical (unpaired) electrons. The Balaban J connectivity index is 1.76. The second-order valence-electron chi connectivity index (χ2n) is 6.29. The molecule has 0 saturated carbocycles. The molecule has 0 aliphatic rings. The zero-order chi connectivity index (χ0) is 18.9. The van der Waals surface area contributed by atoms with Crippen LogP contribution in [0.5, 0.6) is 5.75 Å². The van der Waals surface area contributed by atoms with Crippen LogP contribution in [0.1, 0.15) is 11.1 Å². The molecule has 2 amide bonds. The summed E-state index contributed by atoms with van der Waals surface area (Å²) < 4.78 is 5.13. The molecular weight excluding hydrogens is 330 g/mol. The number of amides is 2. The third-order valence-electron chi connectivity index (χ3n) is 4.02. The average Bonchev–Trinajstić information content (AvgIpc) is 2.60. The van der Waals surface area contributed by atoms with Gasteiger partial charge in [0.2, 0.25) is 0 Å². The molecule has 0 spiro atoms. The van der Waals surface area contributed by atoms with E-state index in [1.807, 2.05) is 50.4 Å². The first-order valence-electron chi connectivity index (χ1n) is 8.54. The number of methoxy groups -OCH3 is 1. The van der Waals surface area contributed by atoms with Gasteiger partial charge in [-0.25, -0.2) is 0 Å². The quantitative estimate of drug-likeness (QED) is 0.654. The Hall–Kier alpha value is -2.86. The zero-order valence-electron chi connectivity index (χ0n) is 15.5. The summed E-state index contributed by atoms with van der Waals surface area (Å²) in [5, 5.41) is 5.72. The molecule has 1 atom stereocenters. The Bertz CT molecular complexity index is 761. The number of benzene rings is 2. The highest BCUT2D eigenvalue weighted by Crippen LogP contribution is 2.16. The molecule has 0 fully saturated rings. The van der Waals surface area contributed by atoms with Crippen LogP contribution in [-0.4, -0.2) is 39.1 Å². The first kappa shape index (κ1) is 19.5. The highest BCUT2D eigenvalue weighted by molar-refractivity contribution is 5.91. The minimum atomic E-state index is -0.151. The molecule has 0 bridgehead atoms. The van der Waals surface area contributed by atoms with Gasteiger partial charge in [-0.3, -0.25) is 9.59 Å². The van der Waals surface area contributed by atoms with Gasteiger partial charge in [0.25, 0.3) is 11.8 Å². The van der Waals surface area contributed by atoms with Gasteiger partial charge in [-0.1, -0.05) is 30.3 Å². The van der Waals surface area contributed by atoms with E-state index in [2.05, 4.69) is 10.6 Å². The molecule has 0 aliphatic heterocycles. The van der Waals surface area contributed by atoms with Crippen molar-refractivity contribution >= 4 is 17.5 Å². The fraction of sp³-hybridized carbons (Fsp3) is 0.300. The molecular formula is C20H26N3O3+. The highest BCUT2D eigenvalue weighted by atomic mass is 16.5. The number of carbonyl (C=O) groups is 2. The van der Waals surface area contributed by atoms with Crippen LogP contribution >= 0.6 is 0 Å². The lowest BCUT2D eigenvalue weighted by Crippen LogP contribution is -3.11. The number of quaternary nitrogens is 1. The molecule has 3 N–H and O–H groups in total. The first-order chi connectivity index (χ1) is 12.5. The Morgan fingerprint density at radius 3 is 2.50 bits per heavy atom. The van der Waals surface area contributed by atoms with Gasteiger partial charge in [-0.2, -0.15) is 0 Å². The number of anilines is 1. The van der Waals surface area contributed by atoms with Crippen molar-refractivity contribution in [3.8, 4) is 5.75 Å². The maximum Gasteiger partial charge on any atom is 0.279 e.